The minimum atomic E-state index is -0.459. The summed E-state index contributed by atoms with van der Waals surface area (Å²) in [5.74, 6) is 0. The molecular weight excluding hydrogens is 207 g/mol. The lowest BCUT2D eigenvalue weighted by atomic mass is 10.1. The maximum absolute atomic E-state index is 10.3. The Morgan fingerprint density at radius 2 is 2.23 bits per heavy atom. The van der Waals surface area contributed by atoms with Gasteiger partial charge in [-0.15, -0.1) is 11.6 Å². The SMILES string of the molecule is Cc1ccc(CC(Cl)C=O)cc1Cl. The van der Waals surface area contributed by atoms with Gasteiger partial charge in [-0.2, -0.15) is 0 Å². The fourth-order valence-electron chi connectivity index (χ4n) is 1.04. The number of hydrogen-bond acceptors (Lipinski definition) is 1. The van der Waals surface area contributed by atoms with Crippen LogP contribution < -0.4 is 0 Å². The van der Waals surface area contributed by atoms with E-state index in [9.17, 15) is 4.79 Å². The van der Waals surface area contributed by atoms with E-state index in [1.165, 1.54) is 0 Å². The Morgan fingerprint density at radius 1 is 1.54 bits per heavy atom. The number of hydrogen-bond donors (Lipinski definition) is 0. The van der Waals surface area contributed by atoms with Gasteiger partial charge in [0.15, 0.2) is 0 Å². The zero-order valence-electron chi connectivity index (χ0n) is 7.26. The van der Waals surface area contributed by atoms with Gasteiger partial charge in [0.1, 0.15) is 6.29 Å². The van der Waals surface area contributed by atoms with Gasteiger partial charge in [0.25, 0.3) is 0 Å². The summed E-state index contributed by atoms with van der Waals surface area (Å²) in [5.41, 5.74) is 2.02. The first kappa shape index (κ1) is 10.6. The third kappa shape index (κ3) is 3.02. The molecule has 0 aliphatic rings. The molecule has 1 atom stereocenters. The van der Waals surface area contributed by atoms with Crippen LogP contribution in [-0.4, -0.2) is 11.7 Å². The average molecular weight is 217 g/mol. The maximum Gasteiger partial charge on any atom is 0.138 e. The van der Waals surface area contributed by atoms with E-state index >= 15 is 0 Å². The minimum absolute atomic E-state index is 0.459. The van der Waals surface area contributed by atoms with Gasteiger partial charge in [0.2, 0.25) is 0 Å². The second kappa shape index (κ2) is 4.64. The van der Waals surface area contributed by atoms with Crippen molar-refractivity contribution in [2.75, 3.05) is 0 Å². The Kier molecular flexibility index (Phi) is 3.76. The highest BCUT2D eigenvalue weighted by molar-refractivity contribution is 6.31. The predicted octanol–water partition coefficient (Wildman–Crippen LogP) is 3.00. The van der Waals surface area contributed by atoms with Crippen LogP contribution in [0.3, 0.4) is 0 Å². The lowest BCUT2D eigenvalue weighted by molar-refractivity contribution is -0.107. The third-order valence-electron chi connectivity index (χ3n) is 1.81. The largest absolute Gasteiger partial charge is 0.302 e. The van der Waals surface area contributed by atoms with Gasteiger partial charge in [-0.05, 0) is 30.5 Å². The van der Waals surface area contributed by atoms with E-state index in [1.54, 1.807) is 0 Å². The summed E-state index contributed by atoms with van der Waals surface area (Å²) >= 11 is 11.6. The van der Waals surface area contributed by atoms with Crippen LogP contribution in [-0.2, 0) is 11.2 Å². The standard InChI is InChI=1S/C10H10Cl2O/c1-7-2-3-8(5-10(7)12)4-9(11)6-13/h2-3,5-6,9H,4H2,1H3. The van der Waals surface area contributed by atoms with E-state index in [-0.39, 0.29) is 0 Å². The molecule has 0 aliphatic heterocycles. The van der Waals surface area contributed by atoms with Crippen LogP contribution in [0.25, 0.3) is 0 Å². The molecule has 1 rings (SSSR count). The zero-order valence-corrected chi connectivity index (χ0v) is 8.77. The minimum Gasteiger partial charge on any atom is -0.302 e. The summed E-state index contributed by atoms with van der Waals surface area (Å²) in [7, 11) is 0. The Labute approximate surface area is 87.7 Å². The van der Waals surface area contributed by atoms with Crippen LogP contribution in [0.4, 0.5) is 0 Å². The number of halogens is 2. The summed E-state index contributed by atoms with van der Waals surface area (Å²) < 4.78 is 0. The molecule has 70 valence electrons. The molecule has 0 aliphatic carbocycles. The molecule has 0 N–H and O–H groups in total. The topological polar surface area (TPSA) is 17.1 Å². The lowest BCUT2D eigenvalue weighted by Crippen LogP contribution is -2.04. The first-order valence-corrected chi connectivity index (χ1v) is 4.79. The first-order chi connectivity index (χ1) is 6.13. The lowest BCUT2D eigenvalue weighted by Gasteiger charge is -2.04. The Morgan fingerprint density at radius 3 is 2.77 bits per heavy atom. The van der Waals surface area contributed by atoms with E-state index in [0.717, 1.165) is 17.4 Å². The molecule has 1 aromatic carbocycles. The van der Waals surface area contributed by atoms with Crippen molar-refractivity contribution in [1.82, 2.24) is 0 Å². The molecule has 13 heavy (non-hydrogen) atoms. The number of aldehydes is 1. The Bertz CT molecular complexity index is 310. The highest BCUT2D eigenvalue weighted by atomic mass is 35.5. The van der Waals surface area contributed by atoms with Gasteiger partial charge in [-0.1, -0.05) is 23.7 Å². The van der Waals surface area contributed by atoms with Crippen LogP contribution in [0.2, 0.25) is 5.02 Å². The van der Waals surface area contributed by atoms with Gasteiger partial charge >= 0.3 is 0 Å². The van der Waals surface area contributed by atoms with Crippen molar-refractivity contribution < 1.29 is 4.79 Å². The molecule has 0 spiro atoms. The monoisotopic (exact) mass is 216 g/mol. The summed E-state index contributed by atoms with van der Waals surface area (Å²) in [6, 6.07) is 5.70. The van der Waals surface area contributed by atoms with Crippen LogP contribution in [0, 0.1) is 6.92 Å². The molecule has 0 fully saturated rings. The van der Waals surface area contributed by atoms with Gasteiger partial charge in [0.05, 0.1) is 5.38 Å². The average Bonchev–Trinajstić information content (AvgIpc) is 2.11. The second-order valence-corrected chi connectivity index (χ2v) is 3.91. The van der Waals surface area contributed by atoms with Gasteiger partial charge in [-0.25, -0.2) is 0 Å². The van der Waals surface area contributed by atoms with Crippen molar-refractivity contribution in [3.63, 3.8) is 0 Å². The van der Waals surface area contributed by atoms with Crippen LogP contribution >= 0.6 is 23.2 Å². The fraction of sp³-hybridized carbons (Fsp3) is 0.300. The van der Waals surface area contributed by atoms with Crippen LogP contribution in [0.15, 0.2) is 18.2 Å². The van der Waals surface area contributed by atoms with Crippen LogP contribution in [0.1, 0.15) is 11.1 Å². The Hall–Kier alpha value is -0.530. The molecule has 0 heterocycles. The molecule has 0 bridgehead atoms. The van der Waals surface area contributed by atoms with E-state index in [1.807, 2.05) is 25.1 Å². The maximum atomic E-state index is 10.3. The van der Waals surface area contributed by atoms with E-state index < -0.39 is 5.38 Å². The van der Waals surface area contributed by atoms with E-state index in [0.29, 0.717) is 11.4 Å². The van der Waals surface area contributed by atoms with Crippen molar-refractivity contribution in [2.24, 2.45) is 0 Å². The van der Waals surface area contributed by atoms with Crippen LogP contribution in [0.5, 0.6) is 0 Å². The summed E-state index contributed by atoms with van der Waals surface area (Å²) in [5, 5.41) is 0.256. The molecule has 0 saturated heterocycles. The van der Waals surface area contributed by atoms with Crippen molar-refractivity contribution in [3.8, 4) is 0 Å². The molecule has 0 amide bonds. The molecular formula is C10H10Cl2O. The smallest absolute Gasteiger partial charge is 0.138 e. The summed E-state index contributed by atoms with van der Waals surface area (Å²) in [4.78, 5) is 10.3. The number of alkyl halides is 1. The highest BCUT2D eigenvalue weighted by Gasteiger charge is 2.04. The van der Waals surface area contributed by atoms with Gasteiger partial charge in [-0.3, -0.25) is 0 Å². The highest BCUT2D eigenvalue weighted by Crippen LogP contribution is 2.18. The predicted molar refractivity (Wildman–Crippen MR) is 55.6 cm³/mol. The number of carbonyl (C=O) groups excluding carboxylic acids is 1. The van der Waals surface area contributed by atoms with E-state index in [2.05, 4.69) is 0 Å². The van der Waals surface area contributed by atoms with Gasteiger partial charge in [0, 0.05) is 5.02 Å². The number of carbonyl (C=O) groups is 1. The third-order valence-corrected chi connectivity index (χ3v) is 2.48. The van der Waals surface area contributed by atoms with Crippen molar-refractivity contribution >= 4 is 29.5 Å². The summed E-state index contributed by atoms with van der Waals surface area (Å²) in [6.45, 7) is 1.93. The van der Waals surface area contributed by atoms with Crippen molar-refractivity contribution in [3.05, 3.63) is 34.3 Å². The zero-order chi connectivity index (χ0) is 9.84. The fourth-order valence-corrected chi connectivity index (χ4v) is 1.42. The molecule has 0 aromatic heterocycles. The molecule has 1 aromatic rings. The molecule has 0 radical (unpaired) electrons. The normalized spacial score (nSPS) is 12.5. The molecule has 0 saturated carbocycles. The number of benzene rings is 1. The number of aryl methyl sites for hydroxylation is 1. The molecule has 1 nitrogen and oxygen atoms in total. The first-order valence-electron chi connectivity index (χ1n) is 3.98. The second-order valence-electron chi connectivity index (χ2n) is 2.94. The van der Waals surface area contributed by atoms with Crippen molar-refractivity contribution in [1.29, 1.82) is 0 Å². The quantitative estimate of drug-likeness (QED) is 0.561. The Balaban J connectivity index is 2.79. The summed E-state index contributed by atoms with van der Waals surface area (Å²) in [6.07, 6.45) is 1.26. The van der Waals surface area contributed by atoms with E-state index in [4.69, 9.17) is 23.2 Å². The molecule has 3 heteroatoms. The number of rotatable bonds is 3. The van der Waals surface area contributed by atoms with Gasteiger partial charge < -0.3 is 4.79 Å². The molecule has 1 unspecified atom stereocenters. The van der Waals surface area contributed by atoms with Crippen molar-refractivity contribution in [2.45, 2.75) is 18.7 Å².